The minimum atomic E-state index is -0.260. The smallest absolute Gasteiger partial charge is 0.251 e. The number of carbonyl (C=O) groups is 1. The van der Waals surface area contributed by atoms with Gasteiger partial charge < -0.3 is 10.1 Å². The van der Waals surface area contributed by atoms with Gasteiger partial charge in [-0.1, -0.05) is 29.3 Å². The lowest BCUT2D eigenvalue weighted by Crippen LogP contribution is -2.23. The lowest BCUT2D eigenvalue weighted by Gasteiger charge is -2.09. The van der Waals surface area contributed by atoms with Crippen LogP contribution < -0.4 is 10.1 Å². The zero-order valence-corrected chi connectivity index (χ0v) is 14.5. The van der Waals surface area contributed by atoms with Crippen LogP contribution in [0, 0.1) is 0 Å². The van der Waals surface area contributed by atoms with Crippen molar-refractivity contribution in [2.45, 2.75) is 6.54 Å². The summed E-state index contributed by atoms with van der Waals surface area (Å²) < 4.78 is 5.57. The highest BCUT2D eigenvalue weighted by atomic mass is 35.5. The fraction of sp³-hybridized carbons (Fsp3) is 0.0556. The number of hydrogen-bond acceptors (Lipinski definition) is 4. The number of benzene rings is 1. The van der Waals surface area contributed by atoms with Crippen LogP contribution in [0.25, 0.3) is 0 Å². The third kappa shape index (κ3) is 4.68. The summed E-state index contributed by atoms with van der Waals surface area (Å²) in [7, 11) is 0. The lowest BCUT2D eigenvalue weighted by atomic mass is 10.2. The number of hydrogen-bond donors (Lipinski definition) is 1. The van der Waals surface area contributed by atoms with Crippen LogP contribution >= 0.6 is 23.2 Å². The van der Waals surface area contributed by atoms with Crippen LogP contribution in [0.2, 0.25) is 10.0 Å². The molecule has 0 radical (unpaired) electrons. The third-order valence-electron chi connectivity index (χ3n) is 3.31. The van der Waals surface area contributed by atoms with E-state index in [0.717, 1.165) is 5.56 Å². The Hall–Kier alpha value is -2.63. The van der Waals surface area contributed by atoms with E-state index in [4.69, 9.17) is 27.9 Å². The number of rotatable bonds is 5. The van der Waals surface area contributed by atoms with Gasteiger partial charge in [-0.2, -0.15) is 0 Å². The summed E-state index contributed by atoms with van der Waals surface area (Å²) in [6.45, 7) is 0.288. The maximum Gasteiger partial charge on any atom is 0.251 e. The largest absolute Gasteiger partial charge is 0.437 e. The molecule has 1 amide bonds. The van der Waals surface area contributed by atoms with E-state index in [9.17, 15) is 4.79 Å². The standard InChI is InChI=1S/C18H13Cl2N3O2/c19-14-4-3-13(16(20)9-14)10-23-18(24)12-5-7-22-17(8-12)25-15-2-1-6-21-11-15/h1-9,11H,10H2,(H,23,24). The summed E-state index contributed by atoms with van der Waals surface area (Å²) >= 11 is 12.0. The highest BCUT2D eigenvalue weighted by Crippen LogP contribution is 2.21. The van der Waals surface area contributed by atoms with Crippen LogP contribution in [-0.2, 0) is 6.54 Å². The van der Waals surface area contributed by atoms with Gasteiger partial charge in [-0.15, -0.1) is 0 Å². The molecular weight excluding hydrogens is 361 g/mol. The molecule has 0 spiro atoms. The van der Waals surface area contributed by atoms with Gasteiger partial charge in [-0.3, -0.25) is 9.78 Å². The van der Waals surface area contributed by atoms with Crippen molar-refractivity contribution in [2.75, 3.05) is 0 Å². The summed E-state index contributed by atoms with van der Waals surface area (Å²) in [6, 6.07) is 11.8. The summed E-state index contributed by atoms with van der Waals surface area (Å²) in [5.41, 5.74) is 1.21. The van der Waals surface area contributed by atoms with E-state index in [1.165, 1.54) is 6.20 Å². The molecule has 3 aromatic rings. The molecule has 7 heteroatoms. The Balaban J connectivity index is 1.67. The molecule has 0 bridgehead atoms. The van der Waals surface area contributed by atoms with Gasteiger partial charge in [-0.05, 0) is 35.9 Å². The molecule has 0 saturated heterocycles. The maximum absolute atomic E-state index is 12.3. The molecule has 0 fully saturated rings. The Morgan fingerprint density at radius 3 is 2.76 bits per heavy atom. The van der Waals surface area contributed by atoms with Crippen molar-refractivity contribution >= 4 is 29.1 Å². The summed E-state index contributed by atoms with van der Waals surface area (Å²) in [6.07, 6.45) is 4.72. The van der Waals surface area contributed by atoms with E-state index in [0.29, 0.717) is 27.2 Å². The molecular formula is C18H13Cl2N3O2. The Kier molecular flexibility index (Phi) is 5.48. The number of pyridine rings is 2. The first-order chi connectivity index (χ1) is 12.1. The van der Waals surface area contributed by atoms with Gasteiger partial charge in [0.2, 0.25) is 5.88 Å². The van der Waals surface area contributed by atoms with Gasteiger partial charge in [-0.25, -0.2) is 4.98 Å². The van der Waals surface area contributed by atoms with Gasteiger partial charge >= 0.3 is 0 Å². The summed E-state index contributed by atoms with van der Waals surface area (Å²) in [5, 5.41) is 3.85. The van der Waals surface area contributed by atoms with Gasteiger partial charge in [0.1, 0.15) is 5.75 Å². The molecule has 0 aliphatic heterocycles. The first kappa shape index (κ1) is 17.2. The van der Waals surface area contributed by atoms with Crippen molar-refractivity contribution in [3.63, 3.8) is 0 Å². The van der Waals surface area contributed by atoms with Crippen LogP contribution in [0.3, 0.4) is 0 Å². The van der Waals surface area contributed by atoms with Crippen molar-refractivity contribution in [3.05, 3.63) is 82.2 Å². The van der Waals surface area contributed by atoms with E-state index in [1.54, 1.807) is 54.9 Å². The quantitative estimate of drug-likeness (QED) is 0.714. The van der Waals surface area contributed by atoms with Crippen LogP contribution in [-0.4, -0.2) is 15.9 Å². The summed E-state index contributed by atoms with van der Waals surface area (Å²) in [4.78, 5) is 20.4. The highest BCUT2D eigenvalue weighted by Gasteiger charge is 2.09. The van der Waals surface area contributed by atoms with Crippen LogP contribution in [0.4, 0.5) is 0 Å². The van der Waals surface area contributed by atoms with Gasteiger partial charge in [0.05, 0.1) is 6.20 Å². The Labute approximate surface area is 154 Å². The molecule has 0 unspecified atom stereocenters. The zero-order valence-electron chi connectivity index (χ0n) is 12.9. The predicted molar refractivity (Wildman–Crippen MR) is 96.2 cm³/mol. The van der Waals surface area contributed by atoms with E-state index in [-0.39, 0.29) is 12.5 Å². The topological polar surface area (TPSA) is 64.1 Å². The molecule has 25 heavy (non-hydrogen) atoms. The third-order valence-corrected chi connectivity index (χ3v) is 3.90. The van der Waals surface area contributed by atoms with Gasteiger partial charge in [0.15, 0.2) is 0 Å². The Morgan fingerprint density at radius 2 is 2.00 bits per heavy atom. The SMILES string of the molecule is O=C(NCc1ccc(Cl)cc1Cl)c1ccnc(Oc2cccnc2)c1. The lowest BCUT2D eigenvalue weighted by molar-refractivity contribution is 0.0950. The molecule has 0 saturated carbocycles. The monoisotopic (exact) mass is 373 g/mol. The normalized spacial score (nSPS) is 10.3. The highest BCUT2D eigenvalue weighted by molar-refractivity contribution is 6.35. The molecule has 5 nitrogen and oxygen atoms in total. The van der Waals surface area contributed by atoms with Gasteiger partial charge in [0, 0.05) is 40.6 Å². The average Bonchev–Trinajstić information content (AvgIpc) is 2.62. The Morgan fingerprint density at radius 1 is 1.12 bits per heavy atom. The molecule has 126 valence electrons. The number of aromatic nitrogens is 2. The predicted octanol–water partition coefficient (Wildman–Crippen LogP) is 4.51. The van der Waals surface area contributed by atoms with Crippen molar-refractivity contribution in [1.29, 1.82) is 0 Å². The van der Waals surface area contributed by atoms with Crippen molar-refractivity contribution in [2.24, 2.45) is 0 Å². The second kappa shape index (κ2) is 7.96. The van der Waals surface area contributed by atoms with E-state index < -0.39 is 0 Å². The van der Waals surface area contributed by atoms with Crippen molar-refractivity contribution in [1.82, 2.24) is 15.3 Å². The molecule has 0 aliphatic rings. The number of nitrogens with zero attached hydrogens (tertiary/aromatic N) is 2. The van der Waals surface area contributed by atoms with Crippen molar-refractivity contribution < 1.29 is 9.53 Å². The van der Waals surface area contributed by atoms with E-state index in [1.807, 2.05) is 0 Å². The fourth-order valence-corrected chi connectivity index (χ4v) is 2.55. The van der Waals surface area contributed by atoms with E-state index in [2.05, 4.69) is 15.3 Å². The van der Waals surface area contributed by atoms with Gasteiger partial charge in [0.25, 0.3) is 5.91 Å². The number of amides is 1. The number of halogens is 2. The first-order valence-corrected chi connectivity index (χ1v) is 8.13. The van der Waals surface area contributed by atoms with Crippen LogP contribution in [0.15, 0.2) is 61.1 Å². The minimum Gasteiger partial charge on any atom is -0.437 e. The minimum absolute atomic E-state index is 0.260. The first-order valence-electron chi connectivity index (χ1n) is 7.38. The summed E-state index contributed by atoms with van der Waals surface area (Å²) in [5.74, 6) is 0.593. The average molecular weight is 374 g/mol. The Bertz CT molecular complexity index is 888. The molecule has 1 aromatic carbocycles. The molecule has 0 atom stereocenters. The second-order valence-electron chi connectivity index (χ2n) is 5.09. The number of nitrogens with one attached hydrogen (secondary N) is 1. The molecule has 3 rings (SSSR count). The van der Waals surface area contributed by atoms with Crippen LogP contribution in [0.1, 0.15) is 15.9 Å². The second-order valence-corrected chi connectivity index (χ2v) is 5.94. The molecule has 2 heterocycles. The number of carbonyl (C=O) groups excluding carboxylic acids is 1. The van der Waals surface area contributed by atoms with Crippen LogP contribution in [0.5, 0.6) is 11.6 Å². The van der Waals surface area contributed by atoms with E-state index >= 15 is 0 Å². The molecule has 0 aliphatic carbocycles. The number of ether oxygens (including phenoxy) is 1. The molecule has 2 aromatic heterocycles. The maximum atomic E-state index is 12.3. The fourth-order valence-electron chi connectivity index (χ4n) is 2.08. The molecule has 1 N–H and O–H groups in total. The van der Waals surface area contributed by atoms with Crippen molar-refractivity contribution in [3.8, 4) is 11.6 Å². The zero-order chi connectivity index (χ0) is 17.6.